The van der Waals surface area contributed by atoms with Crippen LogP contribution in [0.4, 0.5) is 19.1 Å². The molecule has 2 N–H and O–H groups in total. The second-order valence-corrected chi connectivity index (χ2v) is 8.12. The number of alkyl halides is 3. The van der Waals surface area contributed by atoms with Gasteiger partial charge in [-0.3, -0.25) is 9.48 Å². The minimum absolute atomic E-state index is 0.0533. The summed E-state index contributed by atoms with van der Waals surface area (Å²) in [5.41, 5.74) is 1.06. The summed E-state index contributed by atoms with van der Waals surface area (Å²) < 4.78 is 39.6. The number of hydrogen-bond acceptors (Lipinski definition) is 7. The van der Waals surface area contributed by atoms with Crippen molar-refractivity contribution in [2.45, 2.75) is 51.1 Å². The molecular weight excluding hydrogens is 457 g/mol. The number of carbonyl (C=O) groups excluding carboxylic acids is 1. The van der Waals surface area contributed by atoms with Crippen molar-refractivity contribution in [1.82, 2.24) is 24.6 Å². The van der Waals surface area contributed by atoms with Gasteiger partial charge in [0.1, 0.15) is 6.61 Å². The van der Waals surface area contributed by atoms with Gasteiger partial charge in [0, 0.05) is 44.1 Å². The Balaban J connectivity index is 0.000000406. The van der Waals surface area contributed by atoms with Gasteiger partial charge in [0.2, 0.25) is 11.9 Å². The molecule has 2 aromatic rings. The van der Waals surface area contributed by atoms with Crippen molar-refractivity contribution < 1.29 is 32.6 Å². The second kappa shape index (κ2) is 11.8. The van der Waals surface area contributed by atoms with Crippen LogP contribution in [0.5, 0.6) is 0 Å². The Labute approximate surface area is 194 Å². The van der Waals surface area contributed by atoms with E-state index in [2.05, 4.69) is 20.4 Å². The molecule has 10 nitrogen and oxygen atoms in total. The summed E-state index contributed by atoms with van der Waals surface area (Å²) in [5.74, 6) is -1.89. The molecule has 0 spiro atoms. The smallest absolute Gasteiger partial charge is 0.475 e. The number of carboxylic acids is 1. The lowest BCUT2D eigenvalue weighted by Gasteiger charge is -2.25. The standard InChI is InChI=1S/C19H26N6O2.C2HF3O2/c26-18(14-27-17-4-1-2-5-17)24-11-15(10-22-19-20-7-3-8-21-19)12-25-16(13-24)6-9-23-25;3-2(4,5)1(6)7/h3,6-9,15,17H,1-2,4-5,10-14H2,(H,20,21,22);(H,6,7). The number of hydrogen-bond donors (Lipinski definition) is 2. The number of nitrogens with one attached hydrogen (secondary N) is 1. The monoisotopic (exact) mass is 484 g/mol. The Morgan fingerprint density at radius 2 is 1.82 bits per heavy atom. The lowest BCUT2D eigenvalue weighted by Crippen LogP contribution is -2.38. The highest BCUT2D eigenvalue weighted by Crippen LogP contribution is 2.22. The molecule has 1 atom stereocenters. The summed E-state index contributed by atoms with van der Waals surface area (Å²) in [6, 6.07) is 3.77. The molecule has 0 radical (unpaired) electrons. The fourth-order valence-corrected chi connectivity index (χ4v) is 3.81. The first-order valence-corrected chi connectivity index (χ1v) is 10.9. The number of aromatic nitrogens is 4. The number of carbonyl (C=O) groups is 2. The third kappa shape index (κ3) is 7.68. The quantitative estimate of drug-likeness (QED) is 0.641. The van der Waals surface area contributed by atoms with Gasteiger partial charge >= 0.3 is 12.1 Å². The van der Waals surface area contributed by atoms with Crippen molar-refractivity contribution in [3.63, 3.8) is 0 Å². The van der Waals surface area contributed by atoms with Crippen LogP contribution in [-0.2, 0) is 27.4 Å². The van der Waals surface area contributed by atoms with Crippen LogP contribution in [0.15, 0.2) is 30.7 Å². The van der Waals surface area contributed by atoms with Gasteiger partial charge < -0.3 is 20.1 Å². The molecule has 3 heterocycles. The van der Waals surface area contributed by atoms with E-state index in [1.54, 1.807) is 24.7 Å². The molecule has 1 unspecified atom stereocenters. The normalized spacial score (nSPS) is 18.4. The fourth-order valence-electron chi connectivity index (χ4n) is 3.81. The minimum atomic E-state index is -5.08. The molecule has 1 aliphatic heterocycles. The number of aliphatic carboxylic acids is 1. The van der Waals surface area contributed by atoms with Gasteiger partial charge in [0.05, 0.1) is 18.3 Å². The average Bonchev–Trinajstić information content (AvgIpc) is 3.45. The van der Waals surface area contributed by atoms with Gasteiger partial charge in [-0.05, 0) is 25.0 Å². The number of halogens is 3. The molecule has 1 fully saturated rings. The number of amides is 1. The Morgan fingerprint density at radius 1 is 1.15 bits per heavy atom. The summed E-state index contributed by atoms with van der Waals surface area (Å²) in [5, 5.41) is 14.8. The first-order chi connectivity index (χ1) is 16.2. The Hall–Kier alpha value is -3.22. The van der Waals surface area contributed by atoms with E-state index in [0.717, 1.165) is 25.1 Å². The maximum Gasteiger partial charge on any atom is 0.490 e. The van der Waals surface area contributed by atoms with Crippen molar-refractivity contribution in [1.29, 1.82) is 0 Å². The predicted molar refractivity (Wildman–Crippen MR) is 114 cm³/mol. The molecule has 1 saturated carbocycles. The maximum absolute atomic E-state index is 12.8. The van der Waals surface area contributed by atoms with Crippen molar-refractivity contribution >= 4 is 17.8 Å². The van der Waals surface area contributed by atoms with E-state index in [1.165, 1.54) is 12.8 Å². The van der Waals surface area contributed by atoms with Gasteiger partial charge in [0.25, 0.3) is 0 Å². The molecule has 0 bridgehead atoms. The van der Waals surface area contributed by atoms with Crippen LogP contribution in [0.3, 0.4) is 0 Å². The Bertz CT molecular complexity index is 934. The second-order valence-electron chi connectivity index (χ2n) is 8.12. The highest BCUT2D eigenvalue weighted by atomic mass is 19.4. The zero-order chi connectivity index (χ0) is 24.6. The lowest BCUT2D eigenvalue weighted by molar-refractivity contribution is -0.192. The lowest BCUT2D eigenvalue weighted by atomic mass is 10.1. The molecule has 2 aliphatic rings. The minimum Gasteiger partial charge on any atom is -0.475 e. The average molecular weight is 484 g/mol. The van der Waals surface area contributed by atoms with Crippen LogP contribution >= 0.6 is 0 Å². The topological polar surface area (TPSA) is 122 Å². The largest absolute Gasteiger partial charge is 0.490 e. The summed E-state index contributed by atoms with van der Waals surface area (Å²) in [6.07, 6.45) is 4.94. The molecule has 2 aromatic heterocycles. The molecule has 34 heavy (non-hydrogen) atoms. The summed E-state index contributed by atoms with van der Waals surface area (Å²) in [6.45, 7) is 2.84. The number of rotatable bonds is 6. The van der Waals surface area contributed by atoms with E-state index in [-0.39, 0.29) is 24.5 Å². The SMILES string of the molecule is O=C(COC1CCCC1)N1Cc2ccnn2CC(CNc2ncccn2)C1.O=C(O)C(F)(F)F. The van der Waals surface area contributed by atoms with Gasteiger partial charge in [-0.2, -0.15) is 18.3 Å². The molecule has 4 rings (SSSR count). The summed E-state index contributed by atoms with van der Waals surface area (Å²) in [7, 11) is 0. The summed E-state index contributed by atoms with van der Waals surface area (Å²) >= 11 is 0. The molecule has 13 heteroatoms. The first kappa shape index (κ1) is 25.4. The van der Waals surface area contributed by atoms with Gasteiger partial charge in [0.15, 0.2) is 0 Å². The molecule has 1 aliphatic carbocycles. The van der Waals surface area contributed by atoms with E-state index in [9.17, 15) is 18.0 Å². The molecular formula is C21H27F3N6O4. The zero-order valence-electron chi connectivity index (χ0n) is 18.4. The number of carboxylic acid groups (broad SMARTS) is 1. The first-order valence-electron chi connectivity index (χ1n) is 10.9. The van der Waals surface area contributed by atoms with Gasteiger partial charge in [-0.1, -0.05) is 12.8 Å². The van der Waals surface area contributed by atoms with E-state index < -0.39 is 12.1 Å². The van der Waals surface area contributed by atoms with Crippen molar-refractivity contribution in [3.05, 3.63) is 36.4 Å². The van der Waals surface area contributed by atoms with Crippen LogP contribution in [0.1, 0.15) is 31.4 Å². The zero-order valence-corrected chi connectivity index (χ0v) is 18.4. The molecule has 0 aromatic carbocycles. The number of ether oxygens (including phenoxy) is 1. The highest BCUT2D eigenvalue weighted by molar-refractivity contribution is 5.77. The Kier molecular flexibility index (Phi) is 8.79. The van der Waals surface area contributed by atoms with E-state index in [1.807, 2.05) is 15.6 Å². The third-order valence-electron chi connectivity index (χ3n) is 5.52. The van der Waals surface area contributed by atoms with Gasteiger partial charge in [-0.25, -0.2) is 14.8 Å². The van der Waals surface area contributed by atoms with Crippen molar-refractivity contribution in [3.8, 4) is 0 Å². The molecule has 186 valence electrons. The molecule has 1 amide bonds. The van der Waals surface area contributed by atoms with Crippen LogP contribution in [0.2, 0.25) is 0 Å². The van der Waals surface area contributed by atoms with Crippen molar-refractivity contribution in [2.24, 2.45) is 5.92 Å². The van der Waals surface area contributed by atoms with Crippen LogP contribution in [-0.4, -0.2) is 73.6 Å². The van der Waals surface area contributed by atoms with Crippen LogP contribution in [0, 0.1) is 5.92 Å². The third-order valence-corrected chi connectivity index (χ3v) is 5.52. The Morgan fingerprint density at radius 3 is 2.47 bits per heavy atom. The summed E-state index contributed by atoms with van der Waals surface area (Å²) in [4.78, 5) is 32.0. The van der Waals surface area contributed by atoms with Crippen molar-refractivity contribution in [2.75, 3.05) is 25.0 Å². The van der Waals surface area contributed by atoms with Gasteiger partial charge in [-0.15, -0.1) is 0 Å². The van der Waals surface area contributed by atoms with E-state index in [0.29, 0.717) is 25.6 Å². The predicted octanol–water partition coefficient (Wildman–Crippen LogP) is 2.34. The van der Waals surface area contributed by atoms with E-state index >= 15 is 0 Å². The number of anilines is 1. The number of fused-ring (bicyclic) bond motifs is 1. The van der Waals surface area contributed by atoms with E-state index in [4.69, 9.17) is 14.6 Å². The maximum atomic E-state index is 12.8. The fraction of sp³-hybridized carbons (Fsp3) is 0.571. The van der Waals surface area contributed by atoms with Crippen LogP contribution in [0.25, 0.3) is 0 Å². The number of nitrogens with zero attached hydrogens (tertiary/aromatic N) is 5. The highest BCUT2D eigenvalue weighted by Gasteiger charge is 2.38. The molecule has 0 saturated heterocycles. The van der Waals surface area contributed by atoms with Crippen LogP contribution < -0.4 is 5.32 Å².